The smallest absolute Gasteiger partial charge is 0.175 e. The quantitative estimate of drug-likeness (QED) is 0.510. The summed E-state index contributed by atoms with van der Waals surface area (Å²) in [7, 11) is 1.64. The number of hydrogen-bond acceptors (Lipinski definition) is 3. The number of ketones is 1. The molecule has 0 aliphatic heterocycles. The topological polar surface area (TPSA) is 26.3 Å². The van der Waals surface area contributed by atoms with E-state index >= 15 is 0 Å². The van der Waals surface area contributed by atoms with Gasteiger partial charge in [0, 0.05) is 15.4 Å². The molecule has 0 unspecified atom stereocenters. The van der Waals surface area contributed by atoms with E-state index in [1.807, 2.05) is 43.3 Å². The van der Waals surface area contributed by atoms with E-state index in [-0.39, 0.29) is 11.1 Å². The lowest BCUT2D eigenvalue weighted by atomic mass is 10.1. The zero-order chi connectivity index (χ0) is 15.4. The van der Waals surface area contributed by atoms with Gasteiger partial charge in [-0.25, -0.2) is 0 Å². The molecule has 0 fully saturated rings. The Balaban J connectivity index is 2.26. The van der Waals surface area contributed by atoms with Gasteiger partial charge in [0.25, 0.3) is 0 Å². The SMILES string of the molecule is COc1ccc(Sc2cc(C)c(C(=O)CBr)c(Cl)c2)cc1. The fraction of sp³-hybridized carbons (Fsp3) is 0.188. The van der Waals surface area contributed by atoms with Gasteiger partial charge < -0.3 is 4.74 Å². The lowest BCUT2D eigenvalue weighted by Crippen LogP contribution is -2.04. The third-order valence-electron chi connectivity index (χ3n) is 2.96. The van der Waals surface area contributed by atoms with Gasteiger partial charge in [-0.05, 0) is 48.9 Å². The number of aryl methyl sites for hydroxylation is 1. The number of carbonyl (C=O) groups is 1. The molecule has 2 aromatic carbocycles. The molecule has 2 nitrogen and oxygen atoms in total. The van der Waals surface area contributed by atoms with E-state index in [1.54, 1.807) is 18.9 Å². The van der Waals surface area contributed by atoms with Crippen molar-refractivity contribution < 1.29 is 9.53 Å². The fourth-order valence-corrected chi connectivity index (χ4v) is 3.65. The summed E-state index contributed by atoms with van der Waals surface area (Å²) in [5.41, 5.74) is 1.48. The number of carbonyl (C=O) groups excluding carboxylic acids is 1. The molecule has 0 amide bonds. The first-order valence-electron chi connectivity index (χ1n) is 6.26. The molecular weight excluding hydrogens is 372 g/mol. The van der Waals surface area contributed by atoms with Crippen molar-refractivity contribution in [1.82, 2.24) is 0 Å². The minimum absolute atomic E-state index is 0.00139. The van der Waals surface area contributed by atoms with Crippen molar-refractivity contribution in [2.24, 2.45) is 0 Å². The second-order valence-electron chi connectivity index (χ2n) is 4.43. The Morgan fingerprint density at radius 3 is 2.43 bits per heavy atom. The molecule has 0 saturated carbocycles. The Hall–Kier alpha value is -0.970. The summed E-state index contributed by atoms with van der Waals surface area (Å²) in [5, 5.41) is 0.772. The Kier molecular flexibility index (Phi) is 5.73. The van der Waals surface area contributed by atoms with E-state index in [9.17, 15) is 4.79 Å². The first-order valence-corrected chi connectivity index (χ1v) is 8.58. The van der Waals surface area contributed by atoms with Crippen molar-refractivity contribution >= 4 is 45.1 Å². The van der Waals surface area contributed by atoms with Gasteiger partial charge in [-0.3, -0.25) is 4.79 Å². The molecule has 0 saturated heterocycles. The normalized spacial score (nSPS) is 10.5. The number of alkyl halides is 1. The van der Waals surface area contributed by atoms with Crippen LogP contribution in [-0.4, -0.2) is 18.2 Å². The summed E-state index contributed by atoms with van der Waals surface area (Å²) in [6, 6.07) is 11.6. The summed E-state index contributed by atoms with van der Waals surface area (Å²) in [4.78, 5) is 13.9. The van der Waals surface area contributed by atoms with Gasteiger partial charge in [0.15, 0.2) is 5.78 Å². The lowest BCUT2D eigenvalue weighted by molar-refractivity contribution is 0.102. The van der Waals surface area contributed by atoms with E-state index in [0.717, 1.165) is 21.1 Å². The van der Waals surface area contributed by atoms with Crippen LogP contribution in [0.25, 0.3) is 0 Å². The number of methoxy groups -OCH3 is 1. The van der Waals surface area contributed by atoms with Gasteiger partial charge in [0.05, 0.1) is 17.5 Å². The molecule has 21 heavy (non-hydrogen) atoms. The van der Waals surface area contributed by atoms with Gasteiger partial charge in [0.2, 0.25) is 0 Å². The van der Waals surface area contributed by atoms with Crippen LogP contribution in [0.1, 0.15) is 15.9 Å². The van der Waals surface area contributed by atoms with Crippen molar-refractivity contribution in [3.63, 3.8) is 0 Å². The zero-order valence-corrected chi connectivity index (χ0v) is 14.8. The summed E-state index contributed by atoms with van der Waals surface area (Å²) in [6.45, 7) is 1.90. The highest BCUT2D eigenvalue weighted by atomic mass is 79.9. The van der Waals surface area contributed by atoms with Crippen molar-refractivity contribution in [3.05, 3.63) is 52.5 Å². The Bertz CT molecular complexity index is 633. The maximum absolute atomic E-state index is 11.8. The monoisotopic (exact) mass is 384 g/mol. The van der Waals surface area contributed by atoms with Gasteiger partial charge in [-0.15, -0.1) is 0 Å². The molecule has 5 heteroatoms. The van der Waals surface area contributed by atoms with E-state index in [4.69, 9.17) is 16.3 Å². The first kappa shape index (κ1) is 16.4. The molecule has 0 aromatic heterocycles. The molecule has 2 aromatic rings. The zero-order valence-electron chi connectivity index (χ0n) is 11.7. The minimum atomic E-state index is -0.00139. The number of hydrogen-bond donors (Lipinski definition) is 0. The molecule has 0 radical (unpaired) electrons. The molecule has 0 atom stereocenters. The van der Waals surface area contributed by atoms with Crippen LogP contribution in [-0.2, 0) is 0 Å². The number of halogens is 2. The minimum Gasteiger partial charge on any atom is -0.497 e. The number of rotatable bonds is 5. The van der Waals surface area contributed by atoms with E-state index < -0.39 is 0 Å². The molecule has 110 valence electrons. The highest BCUT2D eigenvalue weighted by Crippen LogP contribution is 2.33. The van der Waals surface area contributed by atoms with E-state index in [2.05, 4.69) is 15.9 Å². The highest BCUT2D eigenvalue weighted by molar-refractivity contribution is 9.09. The van der Waals surface area contributed by atoms with Crippen LogP contribution < -0.4 is 4.74 Å². The molecule has 0 spiro atoms. The predicted octanol–water partition coefficient (Wildman–Crippen LogP) is 5.39. The summed E-state index contributed by atoms with van der Waals surface area (Å²) in [6.07, 6.45) is 0. The average molecular weight is 386 g/mol. The van der Waals surface area contributed by atoms with Crippen molar-refractivity contribution in [3.8, 4) is 5.75 Å². The second kappa shape index (κ2) is 7.34. The number of benzene rings is 2. The molecule has 2 rings (SSSR count). The maximum atomic E-state index is 11.8. The Morgan fingerprint density at radius 1 is 1.24 bits per heavy atom. The van der Waals surface area contributed by atoms with Crippen LogP contribution >= 0.6 is 39.3 Å². The predicted molar refractivity (Wildman–Crippen MR) is 91.4 cm³/mol. The summed E-state index contributed by atoms with van der Waals surface area (Å²) >= 11 is 11.0. The Morgan fingerprint density at radius 2 is 1.90 bits per heavy atom. The van der Waals surface area contributed by atoms with E-state index in [0.29, 0.717) is 10.6 Å². The molecule has 0 N–H and O–H groups in total. The molecule has 0 bridgehead atoms. The molecular formula is C16H14BrClO2S. The van der Waals surface area contributed by atoms with E-state index in [1.165, 1.54) is 0 Å². The van der Waals surface area contributed by atoms with Crippen LogP contribution in [0.15, 0.2) is 46.2 Å². The van der Waals surface area contributed by atoms with Crippen molar-refractivity contribution in [2.45, 2.75) is 16.7 Å². The van der Waals surface area contributed by atoms with Gasteiger partial charge in [0.1, 0.15) is 5.75 Å². The molecule has 0 heterocycles. The fourth-order valence-electron chi connectivity index (χ4n) is 1.97. The van der Waals surface area contributed by atoms with Crippen LogP contribution in [0.5, 0.6) is 5.75 Å². The third kappa shape index (κ3) is 4.02. The molecule has 0 aliphatic rings. The standard InChI is InChI=1S/C16H14BrClO2S/c1-10-7-13(8-14(18)16(10)15(19)9-17)21-12-5-3-11(20-2)4-6-12/h3-8H,9H2,1-2H3. The summed E-state index contributed by atoms with van der Waals surface area (Å²) < 4.78 is 5.14. The second-order valence-corrected chi connectivity index (χ2v) is 6.55. The largest absolute Gasteiger partial charge is 0.497 e. The van der Waals surface area contributed by atoms with Gasteiger partial charge >= 0.3 is 0 Å². The van der Waals surface area contributed by atoms with Crippen LogP contribution in [0.2, 0.25) is 5.02 Å². The average Bonchev–Trinajstić information content (AvgIpc) is 2.47. The summed E-state index contributed by atoms with van der Waals surface area (Å²) in [5.74, 6) is 0.824. The lowest BCUT2D eigenvalue weighted by Gasteiger charge is -2.10. The van der Waals surface area contributed by atoms with Crippen LogP contribution in [0, 0.1) is 6.92 Å². The highest BCUT2D eigenvalue weighted by Gasteiger charge is 2.14. The number of ether oxygens (including phenoxy) is 1. The maximum Gasteiger partial charge on any atom is 0.175 e. The number of Topliss-reactive ketones (excluding diaryl/α,β-unsaturated/α-hetero) is 1. The first-order chi connectivity index (χ1) is 10.0. The third-order valence-corrected chi connectivity index (χ3v) is 4.74. The van der Waals surface area contributed by atoms with Gasteiger partial charge in [-0.2, -0.15) is 0 Å². The van der Waals surface area contributed by atoms with Crippen LogP contribution in [0.3, 0.4) is 0 Å². The Labute approximate surface area is 142 Å². The van der Waals surface area contributed by atoms with Crippen LogP contribution in [0.4, 0.5) is 0 Å². The van der Waals surface area contributed by atoms with Gasteiger partial charge in [-0.1, -0.05) is 39.3 Å². The van der Waals surface area contributed by atoms with Crippen molar-refractivity contribution in [1.29, 1.82) is 0 Å². The van der Waals surface area contributed by atoms with Crippen molar-refractivity contribution in [2.75, 3.05) is 12.4 Å². The molecule has 0 aliphatic carbocycles.